The molecule has 0 saturated heterocycles. The van der Waals surface area contributed by atoms with Crippen LogP contribution in [0.1, 0.15) is 30.8 Å². The highest BCUT2D eigenvalue weighted by molar-refractivity contribution is 5.87. The van der Waals surface area contributed by atoms with E-state index in [0.29, 0.717) is 12.8 Å². The molecule has 4 nitrogen and oxygen atoms in total. The maximum atomic E-state index is 12.4. The van der Waals surface area contributed by atoms with Crippen LogP contribution in [-0.2, 0) is 11.2 Å². The molecule has 4 aromatic rings. The van der Waals surface area contributed by atoms with Gasteiger partial charge in [-0.15, -0.1) is 0 Å². The number of carbonyl (C=O) groups is 1. The smallest absolute Gasteiger partial charge is 0.220 e. The van der Waals surface area contributed by atoms with Crippen LogP contribution in [-0.4, -0.2) is 15.9 Å². The van der Waals surface area contributed by atoms with Crippen molar-refractivity contribution >= 4 is 27.7 Å². The predicted molar refractivity (Wildman–Crippen MR) is 105 cm³/mol. The zero-order chi connectivity index (χ0) is 17.9. The van der Waals surface area contributed by atoms with Gasteiger partial charge in [-0.05, 0) is 35.4 Å². The predicted octanol–water partition coefficient (Wildman–Crippen LogP) is 4.53. The summed E-state index contributed by atoms with van der Waals surface area (Å²) in [5.74, 6) is 0.880. The van der Waals surface area contributed by atoms with E-state index in [-0.39, 0.29) is 11.9 Å². The van der Waals surface area contributed by atoms with Crippen LogP contribution in [0.2, 0.25) is 0 Å². The van der Waals surface area contributed by atoms with Crippen LogP contribution in [0.15, 0.2) is 66.7 Å². The van der Waals surface area contributed by atoms with Gasteiger partial charge in [-0.25, -0.2) is 4.98 Å². The van der Waals surface area contributed by atoms with Crippen molar-refractivity contribution in [2.24, 2.45) is 0 Å². The SMILES string of the molecule is CC(NC(=O)CCc1nc2ccccc2[nH]1)c1cccc2ccccc12. The average Bonchev–Trinajstić information content (AvgIpc) is 3.09. The molecule has 2 N–H and O–H groups in total. The highest BCUT2D eigenvalue weighted by atomic mass is 16.1. The molecule has 4 rings (SSSR count). The number of H-pyrrole nitrogens is 1. The van der Waals surface area contributed by atoms with E-state index >= 15 is 0 Å². The molecule has 0 aliphatic heterocycles. The molecule has 0 radical (unpaired) electrons. The van der Waals surface area contributed by atoms with Gasteiger partial charge in [0.1, 0.15) is 5.82 Å². The second-order valence-electron chi connectivity index (χ2n) is 6.56. The van der Waals surface area contributed by atoms with Gasteiger partial charge in [0.2, 0.25) is 5.91 Å². The fraction of sp³-hybridized carbons (Fsp3) is 0.182. The van der Waals surface area contributed by atoms with E-state index in [1.807, 2.05) is 49.4 Å². The second-order valence-corrected chi connectivity index (χ2v) is 6.56. The topological polar surface area (TPSA) is 57.8 Å². The third-order valence-electron chi connectivity index (χ3n) is 4.69. The Bertz CT molecular complexity index is 1030. The first-order valence-electron chi connectivity index (χ1n) is 8.91. The quantitative estimate of drug-likeness (QED) is 0.559. The number of imidazole rings is 1. The largest absolute Gasteiger partial charge is 0.350 e. The standard InChI is InChI=1S/C22H21N3O/c1-15(17-10-6-8-16-7-2-3-9-18(16)17)23-22(26)14-13-21-24-19-11-4-5-12-20(19)25-21/h2-12,15H,13-14H2,1H3,(H,23,26)(H,24,25). The molecular formula is C22H21N3O. The third-order valence-corrected chi connectivity index (χ3v) is 4.69. The summed E-state index contributed by atoms with van der Waals surface area (Å²) < 4.78 is 0. The first-order chi connectivity index (χ1) is 12.7. The lowest BCUT2D eigenvalue weighted by Crippen LogP contribution is -2.27. The normalized spacial score (nSPS) is 12.3. The molecule has 0 spiro atoms. The zero-order valence-corrected chi connectivity index (χ0v) is 14.7. The lowest BCUT2D eigenvalue weighted by Gasteiger charge is -2.16. The van der Waals surface area contributed by atoms with Gasteiger partial charge in [0.15, 0.2) is 0 Å². The molecule has 0 bridgehead atoms. The summed E-state index contributed by atoms with van der Waals surface area (Å²) in [6, 6.07) is 22.3. The van der Waals surface area contributed by atoms with E-state index in [4.69, 9.17) is 0 Å². The van der Waals surface area contributed by atoms with Gasteiger partial charge in [0, 0.05) is 12.8 Å². The number of nitrogens with zero attached hydrogens (tertiary/aromatic N) is 1. The highest BCUT2D eigenvalue weighted by Crippen LogP contribution is 2.24. The minimum absolute atomic E-state index is 0.0332. The van der Waals surface area contributed by atoms with Crippen molar-refractivity contribution in [3.05, 3.63) is 78.1 Å². The summed E-state index contributed by atoms with van der Waals surface area (Å²) in [7, 11) is 0. The minimum Gasteiger partial charge on any atom is -0.350 e. The molecule has 4 heteroatoms. The number of aromatic nitrogens is 2. The molecule has 1 amide bonds. The number of amides is 1. The number of carbonyl (C=O) groups excluding carboxylic acids is 1. The molecule has 1 atom stereocenters. The van der Waals surface area contributed by atoms with Gasteiger partial charge in [0.05, 0.1) is 17.1 Å². The molecular weight excluding hydrogens is 322 g/mol. The van der Waals surface area contributed by atoms with E-state index in [0.717, 1.165) is 22.4 Å². The Hall–Kier alpha value is -3.14. The number of hydrogen-bond acceptors (Lipinski definition) is 2. The van der Waals surface area contributed by atoms with Crippen LogP contribution in [0.4, 0.5) is 0 Å². The Balaban J connectivity index is 1.42. The molecule has 0 aliphatic carbocycles. The maximum absolute atomic E-state index is 12.4. The summed E-state index contributed by atoms with van der Waals surface area (Å²) >= 11 is 0. The van der Waals surface area contributed by atoms with Gasteiger partial charge in [0.25, 0.3) is 0 Å². The minimum atomic E-state index is -0.0377. The number of rotatable bonds is 5. The van der Waals surface area contributed by atoms with Gasteiger partial charge >= 0.3 is 0 Å². The Kier molecular flexibility index (Phi) is 4.40. The molecule has 1 heterocycles. The lowest BCUT2D eigenvalue weighted by atomic mass is 9.99. The number of hydrogen-bond donors (Lipinski definition) is 2. The number of aromatic amines is 1. The summed E-state index contributed by atoms with van der Waals surface area (Å²) in [4.78, 5) is 20.2. The van der Waals surface area contributed by atoms with Crippen LogP contribution in [0.25, 0.3) is 21.8 Å². The molecule has 0 fully saturated rings. The van der Waals surface area contributed by atoms with E-state index in [1.54, 1.807) is 0 Å². The second kappa shape index (κ2) is 7.00. The molecule has 3 aromatic carbocycles. The molecule has 130 valence electrons. The first-order valence-corrected chi connectivity index (χ1v) is 8.91. The van der Waals surface area contributed by atoms with Gasteiger partial charge < -0.3 is 10.3 Å². The number of benzene rings is 3. The van der Waals surface area contributed by atoms with Crippen molar-refractivity contribution in [2.75, 3.05) is 0 Å². The first kappa shape index (κ1) is 16.3. The summed E-state index contributed by atoms with van der Waals surface area (Å²) in [5, 5.41) is 5.48. The maximum Gasteiger partial charge on any atom is 0.220 e. The lowest BCUT2D eigenvalue weighted by molar-refractivity contribution is -0.121. The van der Waals surface area contributed by atoms with Crippen molar-refractivity contribution in [2.45, 2.75) is 25.8 Å². The van der Waals surface area contributed by atoms with E-state index in [9.17, 15) is 4.79 Å². The fourth-order valence-corrected chi connectivity index (χ4v) is 3.38. The molecule has 1 aromatic heterocycles. The van der Waals surface area contributed by atoms with Crippen LogP contribution in [0.3, 0.4) is 0 Å². The Morgan fingerprint density at radius 1 is 1.04 bits per heavy atom. The Morgan fingerprint density at radius 3 is 2.69 bits per heavy atom. The molecule has 0 aliphatic rings. The molecule has 26 heavy (non-hydrogen) atoms. The number of fused-ring (bicyclic) bond motifs is 2. The number of nitrogens with one attached hydrogen (secondary N) is 2. The summed E-state index contributed by atoms with van der Waals surface area (Å²) in [5.41, 5.74) is 3.08. The van der Waals surface area contributed by atoms with Gasteiger partial charge in [-0.2, -0.15) is 0 Å². The summed E-state index contributed by atoms with van der Waals surface area (Å²) in [6.45, 7) is 2.03. The third kappa shape index (κ3) is 3.31. The number of aryl methyl sites for hydroxylation is 1. The van der Waals surface area contributed by atoms with Crippen molar-refractivity contribution in [3.8, 4) is 0 Å². The van der Waals surface area contributed by atoms with Crippen molar-refractivity contribution in [3.63, 3.8) is 0 Å². The van der Waals surface area contributed by atoms with Crippen LogP contribution in [0, 0.1) is 0 Å². The van der Waals surface area contributed by atoms with Crippen LogP contribution >= 0.6 is 0 Å². The van der Waals surface area contributed by atoms with Crippen molar-refractivity contribution in [1.29, 1.82) is 0 Å². The highest BCUT2D eigenvalue weighted by Gasteiger charge is 2.13. The van der Waals surface area contributed by atoms with E-state index in [1.165, 1.54) is 10.8 Å². The van der Waals surface area contributed by atoms with E-state index < -0.39 is 0 Å². The molecule has 0 saturated carbocycles. The summed E-state index contributed by atoms with van der Waals surface area (Å²) in [6.07, 6.45) is 1.01. The van der Waals surface area contributed by atoms with Crippen molar-refractivity contribution in [1.82, 2.24) is 15.3 Å². The Labute approximate surface area is 152 Å². The zero-order valence-electron chi connectivity index (χ0n) is 14.7. The van der Waals surface area contributed by atoms with E-state index in [2.05, 4.69) is 39.6 Å². The average molecular weight is 343 g/mol. The van der Waals surface area contributed by atoms with Gasteiger partial charge in [-0.1, -0.05) is 54.6 Å². The number of para-hydroxylation sites is 2. The Morgan fingerprint density at radius 2 is 1.81 bits per heavy atom. The van der Waals surface area contributed by atoms with Crippen molar-refractivity contribution < 1.29 is 4.79 Å². The fourth-order valence-electron chi connectivity index (χ4n) is 3.38. The monoisotopic (exact) mass is 343 g/mol. The van der Waals surface area contributed by atoms with Gasteiger partial charge in [-0.3, -0.25) is 4.79 Å². The van der Waals surface area contributed by atoms with Crippen LogP contribution < -0.4 is 5.32 Å². The molecule has 1 unspecified atom stereocenters. The van der Waals surface area contributed by atoms with Crippen LogP contribution in [0.5, 0.6) is 0 Å².